The van der Waals surface area contributed by atoms with Crippen molar-refractivity contribution >= 4 is 33.0 Å². The van der Waals surface area contributed by atoms with E-state index in [1.807, 2.05) is 35.7 Å². The standard InChI is InChI=1S/C24H25N5O4S2/c1-2-20(23(30)27-13-18(24-26-10-11-33-24)16-6-4-3-5-7-16)29-35(31,32)22-12-17(8-9-19(22)25)21-14-34-15-28-21/h3-12,14-15,18,20,29H,2,13,25H2,1H3,(H,27,30). The van der Waals surface area contributed by atoms with E-state index in [9.17, 15) is 13.2 Å². The summed E-state index contributed by atoms with van der Waals surface area (Å²) in [6.07, 6.45) is 3.26. The molecule has 9 nitrogen and oxygen atoms in total. The van der Waals surface area contributed by atoms with Crippen molar-refractivity contribution in [2.75, 3.05) is 12.3 Å². The Morgan fingerprint density at radius 3 is 2.63 bits per heavy atom. The molecule has 1 amide bonds. The average molecular weight is 512 g/mol. The summed E-state index contributed by atoms with van der Waals surface area (Å²) in [5, 5.41) is 4.65. The van der Waals surface area contributed by atoms with E-state index in [-0.39, 0.29) is 29.5 Å². The zero-order valence-corrected chi connectivity index (χ0v) is 20.6. The first-order valence-corrected chi connectivity index (χ1v) is 13.3. The molecular formula is C24H25N5O4S2. The second kappa shape index (κ2) is 10.8. The molecule has 0 fully saturated rings. The lowest BCUT2D eigenvalue weighted by Crippen LogP contribution is -2.47. The van der Waals surface area contributed by atoms with E-state index in [1.54, 1.807) is 24.7 Å². The number of hydrogen-bond acceptors (Lipinski definition) is 8. The number of oxazole rings is 1. The van der Waals surface area contributed by atoms with Crippen LogP contribution in [0.4, 0.5) is 5.69 Å². The van der Waals surface area contributed by atoms with E-state index in [2.05, 4.69) is 20.0 Å². The number of carbonyl (C=O) groups excluding carboxylic acids is 1. The first-order valence-electron chi connectivity index (χ1n) is 10.9. The third kappa shape index (κ3) is 5.76. The van der Waals surface area contributed by atoms with E-state index in [1.165, 1.54) is 29.7 Å². The summed E-state index contributed by atoms with van der Waals surface area (Å²) in [4.78, 5) is 21.3. The summed E-state index contributed by atoms with van der Waals surface area (Å²) < 4.78 is 34.3. The molecule has 2 atom stereocenters. The van der Waals surface area contributed by atoms with E-state index >= 15 is 0 Å². The van der Waals surface area contributed by atoms with Crippen molar-refractivity contribution in [3.63, 3.8) is 0 Å². The predicted molar refractivity (Wildman–Crippen MR) is 134 cm³/mol. The number of aromatic nitrogens is 2. The molecule has 0 radical (unpaired) electrons. The van der Waals surface area contributed by atoms with Crippen LogP contribution in [0.2, 0.25) is 0 Å². The molecule has 0 spiro atoms. The molecule has 0 saturated heterocycles. The molecule has 4 aromatic rings. The molecule has 0 aliphatic rings. The minimum Gasteiger partial charge on any atom is -0.448 e. The lowest BCUT2D eigenvalue weighted by molar-refractivity contribution is -0.122. The number of carbonyl (C=O) groups is 1. The summed E-state index contributed by atoms with van der Waals surface area (Å²) in [6.45, 7) is 1.91. The van der Waals surface area contributed by atoms with Crippen molar-refractivity contribution < 1.29 is 17.6 Å². The highest BCUT2D eigenvalue weighted by molar-refractivity contribution is 7.89. The molecule has 4 N–H and O–H groups in total. The van der Waals surface area contributed by atoms with Gasteiger partial charge in [-0.15, -0.1) is 11.3 Å². The maximum Gasteiger partial charge on any atom is 0.243 e. The smallest absolute Gasteiger partial charge is 0.243 e. The average Bonchev–Trinajstić information content (AvgIpc) is 3.58. The van der Waals surface area contributed by atoms with E-state index < -0.39 is 22.0 Å². The number of nitrogens with zero attached hydrogens (tertiary/aromatic N) is 2. The summed E-state index contributed by atoms with van der Waals surface area (Å²) in [6, 6.07) is 13.2. The van der Waals surface area contributed by atoms with Gasteiger partial charge in [-0.3, -0.25) is 4.79 Å². The minimum absolute atomic E-state index is 0.0831. The molecule has 0 bridgehead atoms. The Hall–Kier alpha value is -3.54. The van der Waals surface area contributed by atoms with Gasteiger partial charge in [-0.2, -0.15) is 4.72 Å². The number of rotatable bonds is 10. The van der Waals surface area contributed by atoms with Crippen molar-refractivity contribution in [2.45, 2.75) is 30.2 Å². The number of anilines is 1. The highest BCUT2D eigenvalue weighted by Gasteiger charge is 2.28. The van der Waals surface area contributed by atoms with Crippen LogP contribution in [0.1, 0.15) is 30.7 Å². The van der Waals surface area contributed by atoms with Crippen molar-refractivity contribution in [3.8, 4) is 11.3 Å². The van der Waals surface area contributed by atoms with Gasteiger partial charge in [0.2, 0.25) is 21.8 Å². The molecule has 182 valence electrons. The minimum atomic E-state index is -4.09. The summed E-state index contributed by atoms with van der Waals surface area (Å²) in [7, 11) is -4.09. The van der Waals surface area contributed by atoms with Crippen LogP contribution in [-0.4, -0.2) is 36.9 Å². The van der Waals surface area contributed by atoms with Crippen LogP contribution in [0.5, 0.6) is 0 Å². The van der Waals surface area contributed by atoms with E-state index in [0.717, 1.165) is 5.56 Å². The van der Waals surface area contributed by atoms with E-state index in [4.69, 9.17) is 10.2 Å². The van der Waals surface area contributed by atoms with Crippen molar-refractivity contribution in [2.24, 2.45) is 0 Å². The summed E-state index contributed by atoms with van der Waals surface area (Å²) in [5.74, 6) is -0.329. The van der Waals surface area contributed by atoms with Gasteiger partial charge < -0.3 is 15.5 Å². The Kier molecular flexibility index (Phi) is 7.59. The molecule has 11 heteroatoms. The van der Waals surface area contributed by atoms with Gasteiger partial charge in [0.15, 0.2) is 0 Å². The number of thiazole rings is 1. The fourth-order valence-corrected chi connectivity index (χ4v) is 5.62. The van der Waals surface area contributed by atoms with Crippen LogP contribution >= 0.6 is 11.3 Å². The third-order valence-electron chi connectivity index (χ3n) is 5.49. The zero-order valence-electron chi connectivity index (χ0n) is 18.9. The Morgan fingerprint density at radius 2 is 1.97 bits per heavy atom. The molecule has 2 unspecified atom stereocenters. The van der Waals surface area contributed by atoms with Crippen LogP contribution in [0, 0.1) is 0 Å². The molecule has 2 aromatic heterocycles. The van der Waals surface area contributed by atoms with E-state index in [0.29, 0.717) is 17.1 Å². The van der Waals surface area contributed by atoms with Crippen LogP contribution in [0.15, 0.2) is 81.2 Å². The molecular weight excluding hydrogens is 486 g/mol. The highest BCUT2D eigenvalue weighted by Crippen LogP contribution is 2.27. The number of amides is 1. The van der Waals surface area contributed by atoms with Gasteiger partial charge in [0.05, 0.1) is 29.0 Å². The van der Waals surface area contributed by atoms with Crippen LogP contribution in [0.3, 0.4) is 0 Å². The summed E-state index contributed by atoms with van der Waals surface area (Å²) in [5.41, 5.74) is 9.91. The molecule has 4 rings (SSSR count). The number of benzene rings is 2. The number of sulfonamides is 1. The van der Waals surface area contributed by atoms with Crippen molar-refractivity contribution in [1.29, 1.82) is 0 Å². The first kappa shape index (κ1) is 24.6. The Labute approximate surface area is 207 Å². The predicted octanol–water partition coefficient (Wildman–Crippen LogP) is 3.39. The maximum atomic E-state index is 13.2. The lowest BCUT2D eigenvalue weighted by Gasteiger charge is -2.20. The van der Waals surface area contributed by atoms with Gasteiger partial charge in [-0.25, -0.2) is 18.4 Å². The SMILES string of the molecule is CCC(NS(=O)(=O)c1cc(-c2cscn2)ccc1N)C(=O)NCC(c1ccccc1)c1ncco1. The van der Waals surface area contributed by atoms with Crippen LogP contribution < -0.4 is 15.8 Å². The fraction of sp³-hybridized carbons (Fsp3) is 0.208. The molecule has 35 heavy (non-hydrogen) atoms. The fourth-order valence-electron chi connectivity index (χ4n) is 3.62. The number of nitrogen functional groups attached to an aromatic ring is 1. The largest absolute Gasteiger partial charge is 0.448 e. The third-order valence-corrected chi connectivity index (χ3v) is 7.60. The maximum absolute atomic E-state index is 13.2. The number of nitrogens with two attached hydrogens (primary N) is 1. The van der Waals surface area contributed by atoms with Crippen molar-refractivity contribution in [1.82, 2.24) is 20.0 Å². The quantitative estimate of drug-likeness (QED) is 0.277. The van der Waals surface area contributed by atoms with Gasteiger partial charge in [0.1, 0.15) is 17.2 Å². The Morgan fingerprint density at radius 1 is 1.17 bits per heavy atom. The molecule has 0 saturated carbocycles. The normalized spacial score (nSPS) is 13.3. The zero-order chi connectivity index (χ0) is 24.8. The van der Waals surface area contributed by atoms with Crippen molar-refractivity contribution in [3.05, 3.63) is 83.3 Å². The Bertz CT molecular complexity index is 1360. The highest BCUT2D eigenvalue weighted by atomic mass is 32.2. The topological polar surface area (TPSA) is 140 Å². The molecule has 0 aliphatic carbocycles. The summed E-state index contributed by atoms with van der Waals surface area (Å²) >= 11 is 1.40. The second-order valence-corrected chi connectivity index (χ2v) is 10.2. The Balaban J connectivity index is 1.50. The lowest BCUT2D eigenvalue weighted by atomic mass is 9.99. The van der Waals surface area contributed by atoms with Gasteiger partial charge >= 0.3 is 0 Å². The van der Waals surface area contributed by atoms with Crippen LogP contribution in [0.25, 0.3) is 11.3 Å². The number of nitrogens with one attached hydrogen (secondary N) is 2. The number of hydrogen-bond donors (Lipinski definition) is 3. The second-order valence-electron chi connectivity index (χ2n) is 7.79. The van der Waals surface area contributed by atoms with Gasteiger partial charge in [-0.05, 0) is 24.1 Å². The molecule has 0 aliphatic heterocycles. The first-order chi connectivity index (χ1) is 16.9. The molecule has 2 heterocycles. The van der Waals surface area contributed by atoms with Gasteiger partial charge in [0.25, 0.3) is 0 Å². The van der Waals surface area contributed by atoms with Gasteiger partial charge in [-0.1, -0.05) is 43.3 Å². The molecule has 2 aromatic carbocycles. The van der Waals surface area contributed by atoms with Crippen LogP contribution in [-0.2, 0) is 14.8 Å². The van der Waals surface area contributed by atoms with Gasteiger partial charge in [0, 0.05) is 17.5 Å². The monoisotopic (exact) mass is 511 g/mol.